The Hall–Kier alpha value is -2.24. The molecule has 122 valence electrons. The minimum atomic E-state index is -0.730. The third-order valence-corrected chi connectivity index (χ3v) is 4.06. The van der Waals surface area contributed by atoms with Gasteiger partial charge in [-0.1, -0.05) is 42.5 Å². The molecule has 2 aromatic rings. The molecule has 5 heteroatoms. The highest BCUT2D eigenvalue weighted by Crippen LogP contribution is 2.32. The Kier molecular flexibility index (Phi) is 5.84. The number of rotatable bonds is 8. The molecular weight excluding hydrogens is 294 g/mol. The first-order valence-electron chi connectivity index (χ1n) is 7.40. The Morgan fingerprint density at radius 1 is 1.13 bits per heavy atom. The van der Waals surface area contributed by atoms with Gasteiger partial charge in [-0.05, 0) is 16.3 Å². The Bertz CT molecular complexity index is 676. The molecule has 0 aliphatic heterocycles. The van der Waals surface area contributed by atoms with Crippen LogP contribution in [0.2, 0.25) is 0 Å². The lowest BCUT2D eigenvalue weighted by Crippen LogP contribution is -2.32. The number of carbonyl (C=O) groups excluding carboxylic acids is 2. The van der Waals surface area contributed by atoms with Gasteiger partial charge in [-0.15, -0.1) is 0 Å². The van der Waals surface area contributed by atoms with Gasteiger partial charge in [0.05, 0.1) is 5.92 Å². The largest absolute Gasteiger partial charge is 0.369 e. The van der Waals surface area contributed by atoms with Gasteiger partial charge >= 0.3 is 0 Å². The van der Waals surface area contributed by atoms with Gasteiger partial charge in [-0.25, -0.2) is 0 Å². The fourth-order valence-corrected chi connectivity index (χ4v) is 2.90. The van der Waals surface area contributed by atoms with Crippen molar-refractivity contribution in [3.05, 3.63) is 48.0 Å². The molecule has 0 spiro atoms. The van der Waals surface area contributed by atoms with E-state index >= 15 is 0 Å². The normalized spacial score (nSPS) is 13.9. The van der Waals surface area contributed by atoms with Crippen molar-refractivity contribution in [1.82, 2.24) is 0 Å². The summed E-state index contributed by atoms with van der Waals surface area (Å²) in [5.74, 6) is -1.89. The van der Waals surface area contributed by atoms with Gasteiger partial charge < -0.3 is 20.0 Å². The van der Waals surface area contributed by atoms with Crippen LogP contribution in [-0.2, 0) is 19.1 Å². The number of carbonyl (C=O) groups is 2. The van der Waals surface area contributed by atoms with E-state index in [0.717, 1.165) is 22.6 Å². The minimum absolute atomic E-state index is 0.257. The van der Waals surface area contributed by atoms with Crippen LogP contribution < -0.4 is 5.73 Å². The topological polar surface area (TPSA) is 78.6 Å². The van der Waals surface area contributed by atoms with Gasteiger partial charge in [0.1, 0.15) is 6.29 Å². The van der Waals surface area contributed by atoms with Crippen LogP contribution in [0.15, 0.2) is 42.5 Å². The number of amides is 1. The van der Waals surface area contributed by atoms with Gasteiger partial charge in [0, 0.05) is 26.6 Å². The monoisotopic (exact) mass is 315 g/mol. The molecule has 0 radical (unpaired) electrons. The van der Waals surface area contributed by atoms with Crippen molar-refractivity contribution < 1.29 is 19.1 Å². The third kappa shape index (κ3) is 3.75. The zero-order chi connectivity index (χ0) is 16.8. The summed E-state index contributed by atoms with van der Waals surface area (Å²) >= 11 is 0. The molecule has 23 heavy (non-hydrogen) atoms. The van der Waals surface area contributed by atoms with Crippen LogP contribution in [0.4, 0.5) is 0 Å². The third-order valence-electron chi connectivity index (χ3n) is 4.06. The number of fused-ring (bicyclic) bond motifs is 1. The van der Waals surface area contributed by atoms with Crippen molar-refractivity contribution in [2.45, 2.75) is 18.6 Å². The van der Waals surface area contributed by atoms with Gasteiger partial charge in [-0.2, -0.15) is 0 Å². The van der Waals surface area contributed by atoms with Crippen LogP contribution in [0.5, 0.6) is 0 Å². The summed E-state index contributed by atoms with van der Waals surface area (Å²) in [5, 5.41) is 1.91. The summed E-state index contributed by atoms with van der Waals surface area (Å²) in [4.78, 5) is 23.7. The average molecular weight is 315 g/mol. The van der Waals surface area contributed by atoms with Crippen molar-refractivity contribution >= 4 is 23.0 Å². The van der Waals surface area contributed by atoms with Crippen LogP contribution in [0.25, 0.3) is 10.8 Å². The highest BCUT2D eigenvalue weighted by Gasteiger charge is 2.31. The van der Waals surface area contributed by atoms with Gasteiger partial charge in [0.2, 0.25) is 5.91 Å². The number of nitrogens with two attached hydrogens (primary N) is 1. The van der Waals surface area contributed by atoms with E-state index in [2.05, 4.69) is 0 Å². The van der Waals surface area contributed by atoms with Gasteiger partial charge in [0.15, 0.2) is 6.29 Å². The summed E-state index contributed by atoms with van der Waals surface area (Å²) in [6.45, 7) is 0. The fourth-order valence-electron chi connectivity index (χ4n) is 2.90. The van der Waals surface area contributed by atoms with E-state index < -0.39 is 24.0 Å². The quantitative estimate of drug-likeness (QED) is 0.598. The first kappa shape index (κ1) is 17.1. The summed E-state index contributed by atoms with van der Waals surface area (Å²) < 4.78 is 10.3. The molecule has 2 rings (SSSR count). The molecule has 2 N–H and O–H groups in total. The summed E-state index contributed by atoms with van der Waals surface area (Å²) in [7, 11) is 2.99. The smallest absolute Gasteiger partial charge is 0.225 e. The van der Waals surface area contributed by atoms with Crippen molar-refractivity contribution in [1.29, 1.82) is 0 Å². The lowest BCUT2D eigenvalue weighted by Gasteiger charge is -2.24. The van der Waals surface area contributed by atoms with Crippen LogP contribution in [-0.4, -0.2) is 32.7 Å². The van der Waals surface area contributed by atoms with Gasteiger partial charge in [-0.3, -0.25) is 4.79 Å². The first-order chi connectivity index (χ1) is 11.1. The van der Waals surface area contributed by atoms with Crippen molar-refractivity contribution in [3.63, 3.8) is 0 Å². The van der Waals surface area contributed by atoms with Crippen LogP contribution in [0.3, 0.4) is 0 Å². The molecule has 0 saturated heterocycles. The zero-order valence-corrected chi connectivity index (χ0v) is 13.3. The predicted molar refractivity (Wildman–Crippen MR) is 87.9 cm³/mol. The minimum Gasteiger partial charge on any atom is -0.369 e. The lowest BCUT2D eigenvalue weighted by atomic mass is 9.82. The number of primary amides is 1. The second-order valence-corrected chi connectivity index (χ2v) is 5.39. The number of hydrogen-bond acceptors (Lipinski definition) is 4. The van der Waals surface area contributed by atoms with Crippen LogP contribution in [0.1, 0.15) is 17.9 Å². The molecule has 0 heterocycles. The Morgan fingerprint density at radius 3 is 2.39 bits per heavy atom. The number of aldehydes is 1. The molecule has 5 nitrogen and oxygen atoms in total. The second kappa shape index (κ2) is 7.85. The fraction of sp³-hybridized carbons (Fsp3) is 0.333. The van der Waals surface area contributed by atoms with E-state index in [0.29, 0.717) is 0 Å². The van der Waals surface area contributed by atoms with Crippen molar-refractivity contribution in [2.75, 3.05) is 14.2 Å². The zero-order valence-electron chi connectivity index (χ0n) is 13.3. The van der Waals surface area contributed by atoms with E-state index in [1.54, 1.807) is 0 Å². The van der Waals surface area contributed by atoms with Crippen molar-refractivity contribution in [2.24, 2.45) is 11.7 Å². The maximum atomic E-state index is 12.1. The molecule has 0 fully saturated rings. The predicted octanol–water partition coefficient (Wildman–Crippen LogP) is 2.23. The van der Waals surface area contributed by atoms with E-state index in [-0.39, 0.29) is 6.42 Å². The number of methoxy groups -OCH3 is 2. The second-order valence-electron chi connectivity index (χ2n) is 5.39. The molecule has 0 aliphatic carbocycles. The molecule has 0 saturated carbocycles. The molecule has 2 aromatic carbocycles. The maximum absolute atomic E-state index is 12.1. The molecule has 0 aromatic heterocycles. The van der Waals surface area contributed by atoms with Crippen LogP contribution in [0, 0.1) is 5.92 Å². The van der Waals surface area contributed by atoms with E-state index in [1.165, 1.54) is 14.2 Å². The Morgan fingerprint density at radius 2 is 1.78 bits per heavy atom. The molecule has 2 unspecified atom stereocenters. The number of ether oxygens (including phenoxy) is 2. The lowest BCUT2D eigenvalue weighted by molar-refractivity contribution is -0.133. The van der Waals surface area contributed by atoms with E-state index in [9.17, 15) is 9.59 Å². The van der Waals surface area contributed by atoms with E-state index in [1.807, 2.05) is 42.5 Å². The summed E-state index contributed by atoms with van der Waals surface area (Å²) in [5.41, 5.74) is 6.36. The van der Waals surface area contributed by atoms with Crippen LogP contribution >= 0.6 is 0 Å². The number of benzene rings is 2. The summed E-state index contributed by atoms with van der Waals surface area (Å²) in [6.07, 6.45) is 0.442. The number of hydrogen-bond donors (Lipinski definition) is 1. The van der Waals surface area contributed by atoms with E-state index in [4.69, 9.17) is 15.2 Å². The highest BCUT2D eigenvalue weighted by atomic mass is 16.7. The molecular formula is C18H21NO4. The highest BCUT2D eigenvalue weighted by molar-refractivity contribution is 5.94. The van der Waals surface area contributed by atoms with Gasteiger partial charge in [0.25, 0.3) is 0 Å². The molecule has 1 amide bonds. The summed E-state index contributed by atoms with van der Waals surface area (Å²) in [6, 6.07) is 13.4. The molecule has 2 atom stereocenters. The SMILES string of the molecule is COC(CC(C=O)C(C(N)=O)c1cccc2ccccc12)OC. The average Bonchev–Trinajstić information content (AvgIpc) is 2.58. The molecule has 0 bridgehead atoms. The Labute approximate surface area is 135 Å². The maximum Gasteiger partial charge on any atom is 0.225 e. The Balaban J connectivity index is 2.47. The first-order valence-corrected chi connectivity index (χ1v) is 7.40. The van der Waals surface area contributed by atoms with Crippen molar-refractivity contribution in [3.8, 4) is 0 Å². The standard InChI is InChI=1S/C18H21NO4/c1-22-16(23-2)10-13(11-20)17(18(19)21)15-9-5-7-12-6-3-4-8-14(12)15/h3-9,11,13,16-17H,10H2,1-2H3,(H2,19,21). The molecule has 0 aliphatic rings.